The van der Waals surface area contributed by atoms with Crippen molar-refractivity contribution in [3.05, 3.63) is 102 Å². The van der Waals surface area contributed by atoms with Crippen molar-refractivity contribution in [1.82, 2.24) is 20.9 Å². The van der Waals surface area contributed by atoms with Gasteiger partial charge in [-0.2, -0.15) is 0 Å². The van der Waals surface area contributed by atoms with Gasteiger partial charge in [-0.1, -0.05) is 60.7 Å². The number of hydrogen-bond donors (Lipinski definition) is 5. The maximum Gasteiger partial charge on any atom is 0.408 e. The lowest BCUT2D eigenvalue weighted by atomic mass is 10.0. The number of benzene rings is 3. The van der Waals surface area contributed by atoms with Crippen LogP contribution in [0.1, 0.15) is 44.4 Å². The van der Waals surface area contributed by atoms with Crippen LogP contribution in [0.2, 0.25) is 0 Å². The van der Waals surface area contributed by atoms with Crippen LogP contribution in [0.4, 0.5) is 4.79 Å². The maximum absolute atomic E-state index is 13.4. The van der Waals surface area contributed by atoms with Crippen molar-refractivity contribution in [3.63, 3.8) is 0 Å². The van der Waals surface area contributed by atoms with Crippen LogP contribution in [-0.2, 0) is 38.6 Å². The van der Waals surface area contributed by atoms with Gasteiger partial charge in [0.25, 0.3) is 0 Å². The number of hydrogen-bond acceptors (Lipinski definition) is 6. The van der Waals surface area contributed by atoms with E-state index in [0.29, 0.717) is 12.4 Å². The van der Waals surface area contributed by atoms with E-state index in [0.717, 1.165) is 27.6 Å². The number of para-hydroxylation sites is 1. The number of alkyl carbamates (subject to hydrolysis) is 1. The molecular weight excluding hydrogens is 588 g/mol. The Morgan fingerprint density at radius 3 is 2.13 bits per heavy atom. The van der Waals surface area contributed by atoms with Gasteiger partial charge in [0.15, 0.2) is 0 Å². The molecule has 3 aromatic carbocycles. The number of carboxylic acid groups (broad SMARTS) is 1. The Morgan fingerprint density at radius 1 is 0.783 bits per heavy atom. The topological polar surface area (TPSA) is 159 Å². The van der Waals surface area contributed by atoms with E-state index >= 15 is 0 Å². The first kappa shape index (κ1) is 33.6. The second-order valence-corrected chi connectivity index (χ2v) is 12.0. The molecule has 0 unspecified atom stereocenters. The fourth-order valence-corrected chi connectivity index (χ4v) is 4.75. The first-order chi connectivity index (χ1) is 21.9. The molecule has 11 nitrogen and oxygen atoms in total. The van der Waals surface area contributed by atoms with E-state index in [-0.39, 0.29) is 12.8 Å². The van der Waals surface area contributed by atoms with Crippen LogP contribution in [-0.4, -0.2) is 57.7 Å². The van der Waals surface area contributed by atoms with E-state index in [1.807, 2.05) is 54.6 Å². The van der Waals surface area contributed by atoms with Crippen molar-refractivity contribution in [2.75, 3.05) is 0 Å². The molecule has 1 heterocycles. The highest BCUT2D eigenvalue weighted by Gasteiger charge is 2.29. The lowest BCUT2D eigenvalue weighted by molar-refractivity contribution is -0.142. The molecule has 0 aliphatic heterocycles. The van der Waals surface area contributed by atoms with E-state index in [9.17, 15) is 24.3 Å². The fourth-order valence-electron chi connectivity index (χ4n) is 4.75. The standard InChI is InChI=1S/C35H40N4O7/c1-22(31(40)38-30(33(42)43)19-25-20-36-28-13-9-8-12-27(25)28)37-32(41)29(39-34(44)46-35(2,3)4)18-23-14-16-26(17-15-23)45-21-24-10-6-5-7-11-24/h5-17,20,22,29-30,36H,18-19,21H2,1-4H3,(H,37,41)(H,38,40)(H,39,44)(H,42,43)/t22-,29-,30-/m0/s1. The van der Waals surface area contributed by atoms with Crippen LogP contribution < -0.4 is 20.7 Å². The molecule has 0 aliphatic rings. The number of fused-ring (bicyclic) bond motifs is 1. The Balaban J connectivity index is 1.40. The Morgan fingerprint density at radius 2 is 1.46 bits per heavy atom. The first-order valence-corrected chi connectivity index (χ1v) is 15.0. The van der Waals surface area contributed by atoms with Crippen LogP contribution in [0.25, 0.3) is 10.9 Å². The minimum absolute atomic E-state index is 0.0413. The Kier molecular flexibility index (Phi) is 11.0. The number of amides is 3. The average molecular weight is 629 g/mol. The second kappa shape index (κ2) is 15.1. The maximum atomic E-state index is 13.4. The molecule has 5 N–H and O–H groups in total. The first-order valence-electron chi connectivity index (χ1n) is 15.0. The fraction of sp³-hybridized carbons (Fsp3) is 0.314. The van der Waals surface area contributed by atoms with Gasteiger partial charge in [-0.25, -0.2) is 9.59 Å². The molecule has 46 heavy (non-hydrogen) atoms. The molecule has 0 aliphatic carbocycles. The molecule has 0 saturated carbocycles. The van der Waals surface area contributed by atoms with Crippen LogP contribution in [0.15, 0.2) is 85.1 Å². The molecule has 0 spiro atoms. The molecule has 1 aromatic heterocycles. The number of carboxylic acids is 1. The Labute approximate surface area is 267 Å². The molecule has 0 bridgehead atoms. The predicted molar refractivity (Wildman–Crippen MR) is 173 cm³/mol. The number of H-pyrrole nitrogens is 1. The van der Waals surface area contributed by atoms with Gasteiger partial charge in [-0.3, -0.25) is 9.59 Å². The lowest BCUT2D eigenvalue weighted by Gasteiger charge is -2.25. The van der Waals surface area contributed by atoms with E-state index in [1.54, 1.807) is 51.2 Å². The number of aliphatic carboxylic acids is 1. The summed E-state index contributed by atoms with van der Waals surface area (Å²) >= 11 is 0. The van der Waals surface area contributed by atoms with Gasteiger partial charge >= 0.3 is 12.1 Å². The number of nitrogens with one attached hydrogen (secondary N) is 4. The average Bonchev–Trinajstić information content (AvgIpc) is 3.42. The largest absolute Gasteiger partial charge is 0.489 e. The molecule has 242 valence electrons. The molecule has 4 rings (SSSR count). The minimum atomic E-state index is -1.23. The van der Waals surface area contributed by atoms with Crippen molar-refractivity contribution in [2.45, 2.75) is 70.9 Å². The summed E-state index contributed by atoms with van der Waals surface area (Å²) in [6.45, 7) is 6.96. The normalized spacial score (nSPS) is 13.2. The van der Waals surface area contributed by atoms with Crippen molar-refractivity contribution in [2.24, 2.45) is 0 Å². The second-order valence-electron chi connectivity index (χ2n) is 12.0. The third-order valence-corrected chi connectivity index (χ3v) is 7.08. The van der Waals surface area contributed by atoms with Gasteiger partial charge in [0.1, 0.15) is 36.1 Å². The van der Waals surface area contributed by atoms with Crippen molar-refractivity contribution in [3.8, 4) is 5.75 Å². The summed E-state index contributed by atoms with van der Waals surface area (Å²) in [6.07, 6.45) is 1.06. The van der Waals surface area contributed by atoms with Crippen LogP contribution in [0.3, 0.4) is 0 Å². The Hall–Kier alpha value is -5.32. The van der Waals surface area contributed by atoms with E-state index in [1.165, 1.54) is 6.92 Å². The minimum Gasteiger partial charge on any atom is -0.489 e. The molecule has 11 heteroatoms. The molecule has 3 amide bonds. The summed E-state index contributed by atoms with van der Waals surface area (Å²) in [7, 11) is 0. The summed E-state index contributed by atoms with van der Waals surface area (Å²) < 4.78 is 11.2. The van der Waals surface area contributed by atoms with Crippen LogP contribution >= 0.6 is 0 Å². The summed E-state index contributed by atoms with van der Waals surface area (Å²) in [5, 5.41) is 18.4. The summed E-state index contributed by atoms with van der Waals surface area (Å²) in [5.41, 5.74) is 2.54. The molecule has 0 radical (unpaired) electrons. The van der Waals surface area contributed by atoms with Gasteiger partial charge in [0.2, 0.25) is 11.8 Å². The van der Waals surface area contributed by atoms with E-state index in [2.05, 4.69) is 20.9 Å². The number of aromatic amines is 1. The summed E-state index contributed by atoms with van der Waals surface area (Å²) in [4.78, 5) is 54.2. The van der Waals surface area contributed by atoms with Crippen LogP contribution in [0, 0.1) is 0 Å². The van der Waals surface area contributed by atoms with Gasteiger partial charge in [-0.15, -0.1) is 0 Å². The van der Waals surface area contributed by atoms with Crippen molar-refractivity contribution >= 4 is 34.8 Å². The SMILES string of the molecule is C[C@H](NC(=O)[C@H](Cc1ccc(OCc2ccccc2)cc1)NC(=O)OC(C)(C)C)C(=O)N[C@@H](Cc1c[nH]c2ccccc12)C(=O)O. The third-order valence-electron chi connectivity index (χ3n) is 7.08. The molecular formula is C35H40N4O7. The smallest absolute Gasteiger partial charge is 0.408 e. The van der Waals surface area contributed by atoms with Gasteiger partial charge < -0.3 is 35.5 Å². The van der Waals surface area contributed by atoms with Gasteiger partial charge in [0.05, 0.1) is 0 Å². The summed E-state index contributed by atoms with van der Waals surface area (Å²) in [5.74, 6) is -1.89. The number of ether oxygens (including phenoxy) is 2. The van der Waals surface area contributed by atoms with Crippen molar-refractivity contribution in [1.29, 1.82) is 0 Å². The van der Waals surface area contributed by atoms with E-state index < -0.39 is 47.6 Å². The zero-order valence-corrected chi connectivity index (χ0v) is 26.3. The van der Waals surface area contributed by atoms with E-state index in [4.69, 9.17) is 9.47 Å². The molecule has 0 fully saturated rings. The lowest BCUT2D eigenvalue weighted by Crippen LogP contribution is -2.55. The molecule has 3 atom stereocenters. The number of aromatic nitrogens is 1. The zero-order chi connectivity index (χ0) is 33.3. The zero-order valence-electron chi connectivity index (χ0n) is 26.3. The highest BCUT2D eigenvalue weighted by atomic mass is 16.6. The Bertz CT molecular complexity index is 1640. The van der Waals surface area contributed by atoms with Gasteiger partial charge in [0, 0.05) is 29.9 Å². The number of carbonyl (C=O) groups is 4. The monoisotopic (exact) mass is 628 g/mol. The number of carbonyl (C=O) groups excluding carboxylic acids is 3. The highest BCUT2D eigenvalue weighted by Crippen LogP contribution is 2.20. The van der Waals surface area contributed by atoms with Crippen molar-refractivity contribution < 1.29 is 33.8 Å². The number of rotatable bonds is 13. The van der Waals surface area contributed by atoms with Crippen LogP contribution in [0.5, 0.6) is 5.75 Å². The highest BCUT2D eigenvalue weighted by molar-refractivity contribution is 5.93. The quantitative estimate of drug-likeness (QED) is 0.146. The molecule has 0 saturated heterocycles. The molecule has 4 aromatic rings. The summed E-state index contributed by atoms with van der Waals surface area (Å²) in [6, 6.07) is 20.9. The van der Waals surface area contributed by atoms with Gasteiger partial charge in [-0.05, 0) is 62.6 Å². The predicted octanol–water partition coefficient (Wildman–Crippen LogP) is 4.50. The third kappa shape index (κ3) is 9.85.